The van der Waals surface area contributed by atoms with Crippen molar-refractivity contribution in [2.75, 3.05) is 0 Å². The summed E-state index contributed by atoms with van der Waals surface area (Å²) in [6, 6.07) is 18.9. The second-order valence-corrected chi connectivity index (χ2v) is 14.3. The first-order chi connectivity index (χ1) is 20.8. The molecule has 1 amide bonds. The number of imidazole rings is 1. The van der Waals surface area contributed by atoms with Crippen LogP contribution in [0.4, 0.5) is 4.79 Å². The average Bonchev–Trinajstić information content (AvgIpc) is 3.85. The van der Waals surface area contributed by atoms with E-state index in [9.17, 15) is 4.79 Å². The van der Waals surface area contributed by atoms with E-state index in [2.05, 4.69) is 58.8 Å². The lowest BCUT2D eigenvalue weighted by Crippen LogP contribution is -2.50. The van der Waals surface area contributed by atoms with Gasteiger partial charge in [0, 0.05) is 30.4 Å². The first-order valence-electron chi connectivity index (χ1n) is 16.1. The van der Waals surface area contributed by atoms with Gasteiger partial charge in [0.05, 0.1) is 24.0 Å². The van der Waals surface area contributed by atoms with E-state index < -0.39 is 5.60 Å². The van der Waals surface area contributed by atoms with E-state index in [0.717, 1.165) is 54.4 Å². The van der Waals surface area contributed by atoms with E-state index in [4.69, 9.17) is 14.7 Å². The minimum Gasteiger partial charge on any atom is -0.444 e. The number of hydrogen-bond donors (Lipinski definition) is 2. The largest absolute Gasteiger partial charge is 0.444 e. The van der Waals surface area contributed by atoms with E-state index in [1.807, 2.05) is 38.1 Å². The first-order valence-corrected chi connectivity index (χ1v) is 16.1. The minimum atomic E-state index is -0.499. The molecule has 7 nitrogen and oxygen atoms in total. The van der Waals surface area contributed by atoms with Gasteiger partial charge in [-0.15, -0.1) is 0 Å². The van der Waals surface area contributed by atoms with Crippen LogP contribution in [0.25, 0.3) is 28.0 Å². The molecular weight excluding hydrogens is 534 g/mol. The van der Waals surface area contributed by atoms with Crippen molar-refractivity contribution >= 4 is 17.4 Å². The summed E-state index contributed by atoms with van der Waals surface area (Å²) < 4.78 is 5.80. The van der Waals surface area contributed by atoms with Crippen molar-refractivity contribution in [1.29, 1.82) is 0 Å². The number of carbonyl (C=O) groups is 1. The maximum atomic E-state index is 13.1. The van der Waals surface area contributed by atoms with Crippen LogP contribution in [-0.4, -0.2) is 50.4 Å². The highest BCUT2D eigenvalue weighted by atomic mass is 16.6. The fraction of sp³-hybridized carbons (Fsp3) is 0.472. The monoisotopic (exact) mass is 575 g/mol. The zero-order chi connectivity index (χ0) is 29.3. The van der Waals surface area contributed by atoms with Crippen LogP contribution in [0, 0.1) is 11.8 Å². The third-order valence-electron chi connectivity index (χ3n) is 10.3. The van der Waals surface area contributed by atoms with Crippen LogP contribution in [-0.2, 0) is 4.74 Å². The number of fused-ring (bicyclic) bond motifs is 4. The van der Waals surface area contributed by atoms with Gasteiger partial charge in [-0.1, -0.05) is 48.5 Å². The van der Waals surface area contributed by atoms with Gasteiger partial charge in [-0.3, -0.25) is 9.89 Å². The Morgan fingerprint density at radius 2 is 1.58 bits per heavy atom. The normalized spacial score (nSPS) is 29.3. The van der Waals surface area contributed by atoms with Gasteiger partial charge >= 0.3 is 6.09 Å². The third-order valence-corrected chi connectivity index (χ3v) is 10.3. The minimum absolute atomic E-state index is 0.0515. The van der Waals surface area contributed by atoms with Crippen LogP contribution in [0.2, 0.25) is 0 Å². The van der Waals surface area contributed by atoms with Crippen molar-refractivity contribution in [2.24, 2.45) is 16.8 Å². The Hall–Kier alpha value is -3.71. The lowest BCUT2D eigenvalue weighted by atomic mass is 9.90. The molecule has 4 heterocycles. The fourth-order valence-corrected chi connectivity index (χ4v) is 8.32. The lowest BCUT2D eigenvalue weighted by Gasteiger charge is -2.36. The van der Waals surface area contributed by atoms with Crippen LogP contribution >= 0.6 is 0 Å². The maximum Gasteiger partial charge on any atom is 0.411 e. The van der Waals surface area contributed by atoms with Crippen LogP contribution < -0.4 is 5.32 Å². The predicted molar refractivity (Wildman–Crippen MR) is 169 cm³/mol. The Kier molecular flexibility index (Phi) is 6.37. The number of allylic oxidation sites excluding steroid dienone is 1. The average molecular weight is 576 g/mol. The van der Waals surface area contributed by atoms with Gasteiger partial charge < -0.3 is 15.0 Å². The highest BCUT2D eigenvalue weighted by Crippen LogP contribution is 2.46. The Bertz CT molecular complexity index is 1600. The topological polar surface area (TPSA) is 82.6 Å². The number of ether oxygens (including phenoxy) is 1. The fourth-order valence-electron chi connectivity index (χ4n) is 8.32. The molecule has 2 aliphatic carbocycles. The zero-order valence-corrected chi connectivity index (χ0v) is 25.3. The van der Waals surface area contributed by atoms with E-state index in [-0.39, 0.29) is 18.2 Å². The number of likely N-dealkylation sites (tertiary alicyclic amines) is 1. The van der Waals surface area contributed by atoms with E-state index >= 15 is 0 Å². The van der Waals surface area contributed by atoms with E-state index in [0.29, 0.717) is 18.0 Å². The van der Waals surface area contributed by atoms with Crippen molar-refractivity contribution in [3.63, 3.8) is 0 Å². The Balaban J connectivity index is 0.924. The molecule has 5 aliphatic rings. The molecule has 222 valence electrons. The number of aromatic nitrogens is 2. The molecule has 4 bridgehead atoms. The molecule has 3 aromatic rings. The molecule has 43 heavy (non-hydrogen) atoms. The number of hydrogen-bond acceptors (Lipinski definition) is 5. The van der Waals surface area contributed by atoms with Gasteiger partial charge in [0.15, 0.2) is 0 Å². The molecule has 1 aromatic heterocycles. The highest BCUT2D eigenvalue weighted by Gasteiger charge is 2.51. The molecule has 0 spiro atoms. The van der Waals surface area contributed by atoms with Crippen LogP contribution in [0.1, 0.15) is 83.1 Å². The lowest BCUT2D eigenvalue weighted by molar-refractivity contribution is 0.0142. The Morgan fingerprint density at radius 1 is 0.884 bits per heavy atom. The molecule has 8 rings (SSSR count). The Morgan fingerprint density at radius 3 is 2.26 bits per heavy atom. The van der Waals surface area contributed by atoms with Crippen molar-refractivity contribution in [1.82, 2.24) is 20.2 Å². The summed E-state index contributed by atoms with van der Waals surface area (Å²) in [6.45, 7) is 5.81. The first kappa shape index (κ1) is 26.9. The van der Waals surface area contributed by atoms with Gasteiger partial charge in [0.2, 0.25) is 0 Å². The molecule has 2 aromatic carbocycles. The number of carbonyl (C=O) groups excluding carboxylic acids is 1. The number of amides is 1. The van der Waals surface area contributed by atoms with E-state index in [1.165, 1.54) is 41.5 Å². The van der Waals surface area contributed by atoms with Gasteiger partial charge in [0.25, 0.3) is 0 Å². The van der Waals surface area contributed by atoms with Crippen molar-refractivity contribution in [2.45, 2.75) is 95.5 Å². The van der Waals surface area contributed by atoms with Gasteiger partial charge in [-0.2, -0.15) is 0 Å². The number of aliphatic imine (C=N–C) groups is 1. The summed E-state index contributed by atoms with van der Waals surface area (Å²) in [5.74, 6) is 2.28. The predicted octanol–water partition coefficient (Wildman–Crippen LogP) is 7.53. The van der Waals surface area contributed by atoms with Crippen LogP contribution in [0.15, 0.2) is 65.9 Å². The zero-order valence-electron chi connectivity index (χ0n) is 25.3. The second kappa shape index (κ2) is 10.2. The molecule has 2 saturated heterocycles. The van der Waals surface area contributed by atoms with Gasteiger partial charge in [-0.05, 0) is 99.0 Å². The summed E-state index contributed by atoms with van der Waals surface area (Å²) in [4.78, 5) is 28.3. The van der Waals surface area contributed by atoms with E-state index in [1.54, 1.807) is 0 Å². The van der Waals surface area contributed by atoms with Crippen molar-refractivity contribution in [3.05, 3.63) is 72.3 Å². The highest BCUT2D eigenvalue weighted by molar-refractivity contribution is 6.03. The SMILES string of the molecule is CC(C)(C)OC(=O)N1[C@@H]2CC[C@@H](C2)[C@H]1C1=NC=C(c2ccc(-c3ccc(-c4cnc([C@H]5N[C@@H]6CC[C@H]5C6)[nH]4)cc3)cc2)C1. The number of piperidine rings is 2. The van der Waals surface area contributed by atoms with Crippen molar-refractivity contribution < 1.29 is 9.53 Å². The second-order valence-electron chi connectivity index (χ2n) is 14.3. The molecule has 3 aliphatic heterocycles. The molecule has 2 N–H and O–H groups in total. The molecular formula is C36H41N5O2. The van der Waals surface area contributed by atoms with Crippen LogP contribution in [0.5, 0.6) is 0 Å². The van der Waals surface area contributed by atoms with Crippen molar-refractivity contribution in [3.8, 4) is 22.4 Å². The maximum absolute atomic E-state index is 13.1. The molecule has 7 heteroatoms. The summed E-state index contributed by atoms with van der Waals surface area (Å²) >= 11 is 0. The van der Waals surface area contributed by atoms with Gasteiger partial charge in [-0.25, -0.2) is 9.78 Å². The van der Waals surface area contributed by atoms with Gasteiger partial charge in [0.1, 0.15) is 11.4 Å². The summed E-state index contributed by atoms with van der Waals surface area (Å²) in [5, 5.41) is 3.74. The quantitative estimate of drug-likeness (QED) is 0.329. The number of nitrogens with zero attached hydrogens (tertiary/aromatic N) is 3. The smallest absolute Gasteiger partial charge is 0.411 e. The summed E-state index contributed by atoms with van der Waals surface area (Å²) in [6.07, 6.45) is 11.8. The number of H-pyrrole nitrogens is 1. The molecule has 2 saturated carbocycles. The standard InChI is InChI=1S/C36H41N5O2/c1-36(2,3)43-35(42)41-29-15-13-26(17-29)33(41)30-18-27(19-37-30)23-6-4-21(5-7-23)22-8-10-24(11-9-22)31-20-38-34(40-31)32-25-12-14-28(16-25)39-32/h4-11,19-20,25-26,28-29,32-33,39H,12-18H2,1-3H3,(H,38,40)/t25-,26-,28+,29+,32-,33-/m0/s1. The number of rotatable bonds is 5. The number of nitrogens with one attached hydrogen (secondary N) is 2. The molecule has 6 atom stereocenters. The van der Waals surface area contributed by atoms with Crippen LogP contribution in [0.3, 0.4) is 0 Å². The Labute approximate surface area is 253 Å². The summed E-state index contributed by atoms with van der Waals surface area (Å²) in [5.41, 5.74) is 7.62. The molecule has 0 unspecified atom stereocenters. The molecule has 4 fully saturated rings. The summed E-state index contributed by atoms with van der Waals surface area (Å²) in [7, 11) is 0. The number of benzene rings is 2. The number of aromatic amines is 1. The molecule has 0 radical (unpaired) electrons. The third kappa shape index (κ3) is 4.92.